The molecule has 3 unspecified atom stereocenters. The van der Waals surface area contributed by atoms with Crippen LogP contribution in [0.15, 0.2) is 33.9 Å². The lowest BCUT2D eigenvalue weighted by atomic mass is 9.42. The van der Waals surface area contributed by atoms with Gasteiger partial charge in [-0.15, -0.1) is 0 Å². The zero-order valence-corrected chi connectivity index (χ0v) is 45.5. The number of aliphatic hydroxyl groups excluding tert-OH is 2. The number of rotatable bonds is 8. The molecule has 70 heavy (non-hydrogen) atoms. The van der Waals surface area contributed by atoms with Gasteiger partial charge in [0, 0.05) is 27.6 Å². The Morgan fingerprint density at radius 3 is 2.16 bits per heavy atom. The molecule has 0 amide bonds. The number of allylic oxidation sites excluding steroid dienone is 4. The maximum Gasteiger partial charge on any atom is 0.397 e. The largest absolute Gasteiger partial charge is 0.397 e. The summed E-state index contributed by atoms with van der Waals surface area (Å²) in [5, 5.41) is 34.4. The Morgan fingerprint density at radius 1 is 0.843 bits per heavy atom. The van der Waals surface area contributed by atoms with E-state index in [-0.39, 0.29) is 70.3 Å². The van der Waals surface area contributed by atoms with E-state index >= 15 is 0 Å². The van der Waals surface area contributed by atoms with E-state index in [0.29, 0.717) is 42.4 Å². The van der Waals surface area contributed by atoms with Crippen molar-refractivity contribution in [1.29, 1.82) is 0 Å². The van der Waals surface area contributed by atoms with E-state index in [1.54, 1.807) is 5.57 Å². The van der Waals surface area contributed by atoms with Gasteiger partial charge < -0.3 is 29.5 Å². The number of aliphatic hydroxyl groups is 3. The first kappa shape index (κ1) is 50.7. The summed E-state index contributed by atoms with van der Waals surface area (Å²) in [5.41, 5.74) is 3.71. The summed E-state index contributed by atoms with van der Waals surface area (Å²) in [6.45, 7) is 27.1. The number of hydrogen-bond donors (Lipinski definition) is 4. The van der Waals surface area contributed by atoms with E-state index in [1.807, 2.05) is 27.7 Å². The van der Waals surface area contributed by atoms with Crippen LogP contribution >= 0.6 is 0 Å². The van der Waals surface area contributed by atoms with Crippen LogP contribution < -0.4 is 0 Å². The van der Waals surface area contributed by atoms with Crippen molar-refractivity contribution >= 4 is 16.2 Å². The zero-order chi connectivity index (χ0) is 50.5. The SMILES string of the molecule is C[C@@H]([C@H]1CCC2C3=C(CC[C@@]21C)[C@@]12CO[C@@](O)([C@@H](O)C1)C(C)(C)C2[C@@H](OS(=O)(=O)O)C3)[C@H]1C[C@@H]2C[C@@](C)(OC2(C)C)[C@H](CC[C@@H](C)[C@H]2CCC3C4=C(CC[C@@]32C)[C@@]2(C)C[C@H](O)C(=O)C(C)(C)C2=CC4)O1. The second kappa shape index (κ2) is 15.8. The van der Waals surface area contributed by atoms with Crippen molar-refractivity contribution < 1.29 is 51.5 Å². The second-order valence-corrected chi connectivity index (χ2v) is 29.5. The first-order valence-corrected chi connectivity index (χ1v) is 29.2. The summed E-state index contributed by atoms with van der Waals surface area (Å²) < 4.78 is 61.9. The molecule has 0 aromatic heterocycles. The van der Waals surface area contributed by atoms with Crippen molar-refractivity contribution in [2.24, 2.45) is 79.8 Å². The smallest absolute Gasteiger partial charge is 0.387 e. The highest BCUT2D eigenvalue weighted by Crippen LogP contribution is 2.73. The Kier molecular flexibility index (Phi) is 11.4. The Bertz CT molecular complexity index is 2420. The fourth-order valence-corrected chi connectivity index (χ4v) is 21.5. The summed E-state index contributed by atoms with van der Waals surface area (Å²) in [4.78, 5) is 13.2. The van der Waals surface area contributed by atoms with Crippen LogP contribution in [0.5, 0.6) is 0 Å². The standard InChI is InChI=1S/C58H88O11S/c1-31(36-15-17-38-34-14-19-45-50(3,4)49(61)42(59)28-55(45,11)40(34)21-23-53(36,38)9)13-20-47-56(12)27-33(52(7,8)69-56)25-43(67-47)32(2)37-16-18-39-35-26-44(68-70(63,64)65)48-51(5,6)58(62)46(60)29-57(48,30-66-58)41(35)22-24-54(37,39)10/h19,31-33,36-39,42-44,46-48,59-60,62H,13-18,20-30H2,1-12H3,(H,63,64,65)/t31-,32+,33-,36-,37-,38?,39?,42+,43-,44+,46+,47+,48?,53-,54-,55-,56-,57+,58+/m1/s1. The topological polar surface area (TPSA) is 169 Å². The molecule has 8 fully saturated rings. The van der Waals surface area contributed by atoms with Crippen LogP contribution in [0.1, 0.15) is 186 Å². The van der Waals surface area contributed by atoms with Crippen molar-refractivity contribution in [2.75, 3.05) is 6.61 Å². The minimum atomic E-state index is -4.81. The fourth-order valence-electron chi connectivity index (χ4n) is 21.0. The molecule has 4 bridgehead atoms. The maximum atomic E-state index is 13.2. The van der Waals surface area contributed by atoms with Crippen LogP contribution in [0.2, 0.25) is 0 Å². The molecule has 4 saturated carbocycles. The molecule has 4 saturated heterocycles. The number of ketones is 1. The van der Waals surface area contributed by atoms with Crippen molar-refractivity contribution in [3.63, 3.8) is 0 Å². The van der Waals surface area contributed by atoms with Gasteiger partial charge in [-0.1, -0.05) is 82.4 Å². The summed E-state index contributed by atoms with van der Waals surface area (Å²) >= 11 is 0. The van der Waals surface area contributed by atoms with Gasteiger partial charge in [-0.25, -0.2) is 4.18 Å². The molecule has 12 rings (SSSR count). The average Bonchev–Trinajstić information content (AvgIpc) is 3.84. The zero-order valence-electron chi connectivity index (χ0n) is 44.7. The van der Waals surface area contributed by atoms with Gasteiger partial charge in [0.1, 0.15) is 12.2 Å². The Labute approximate surface area is 419 Å². The van der Waals surface area contributed by atoms with Gasteiger partial charge in [-0.2, -0.15) is 8.42 Å². The minimum absolute atomic E-state index is 0.0325. The lowest BCUT2D eigenvalue weighted by molar-refractivity contribution is -0.408. The molecule has 12 heteroatoms. The first-order valence-electron chi connectivity index (χ1n) is 27.8. The Hall–Kier alpha value is -1.48. The van der Waals surface area contributed by atoms with E-state index in [4.69, 9.17) is 18.4 Å². The Morgan fingerprint density at radius 2 is 1.49 bits per heavy atom. The molecule has 1 spiro atoms. The van der Waals surface area contributed by atoms with E-state index in [0.717, 1.165) is 70.6 Å². The highest BCUT2D eigenvalue weighted by Gasteiger charge is 2.74. The van der Waals surface area contributed by atoms with Crippen LogP contribution in [0, 0.1) is 79.8 Å². The molecule has 11 nitrogen and oxygen atoms in total. The van der Waals surface area contributed by atoms with Crippen LogP contribution in [0.4, 0.5) is 0 Å². The molecular weight excluding hydrogens is 905 g/mol. The van der Waals surface area contributed by atoms with Crippen molar-refractivity contribution in [3.05, 3.63) is 33.9 Å². The lowest BCUT2D eigenvalue weighted by Crippen LogP contribution is -2.76. The van der Waals surface area contributed by atoms with E-state index in [2.05, 4.69) is 61.5 Å². The number of fused-ring (bicyclic) bond motifs is 10. The molecule has 392 valence electrons. The molecule has 12 aliphatic rings. The van der Waals surface area contributed by atoms with E-state index < -0.39 is 56.7 Å². The average molecular weight is 993 g/mol. The number of carbonyl (C=O) groups excluding carboxylic acids is 1. The minimum Gasteiger partial charge on any atom is -0.387 e. The molecule has 0 aromatic carbocycles. The predicted molar refractivity (Wildman–Crippen MR) is 266 cm³/mol. The van der Waals surface area contributed by atoms with Crippen LogP contribution in [-0.2, 0) is 33.6 Å². The molecule has 4 heterocycles. The predicted octanol–water partition coefficient (Wildman–Crippen LogP) is 10.4. The summed E-state index contributed by atoms with van der Waals surface area (Å²) in [6, 6.07) is 0. The van der Waals surface area contributed by atoms with Crippen molar-refractivity contribution in [2.45, 2.75) is 233 Å². The summed E-state index contributed by atoms with van der Waals surface area (Å²) in [5.74, 6) is 0.509. The van der Waals surface area contributed by atoms with Crippen LogP contribution in [0.3, 0.4) is 0 Å². The lowest BCUT2D eigenvalue weighted by Gasteiger charge is -2.69. The second-order valence-electron chi connectivity index (χ2n) is 28.4. The number of Topliss-reactive ketones (excluding diaryl/α,β-unsaturated/α-hetero) is 1. The van der Waals surface area contributed by atoms with Gasteiger partial charge in [-0.3, -0.25) is 9.35 Å². The highest BCUT2D eigenvalue weighted by molar-refractivity contribution is 7.80. The molecule has 19 atom stereocenters. The molecule has 0 radical (unpaired) electrons. The molecule has 4 N–H and O–H groups in total. The van der Waals surface area contributed by atoms with Gasteiger partial charge in [-0.05, 0) is 190 Å². The van der Waals surface area contributed by atoms with E-state index in [9.17, 15) is 33.1 Å². The molecule has 0 aromatic rings. The van der Waals surface area contributed by atoms with Gasteiger partial charge in [0.05, 0.1) is 36.1 Å². The van der Waals surface area contributed by atoms with Crippen LogP contribution in [-0.4, -0.2) is 88.2 Å². The van der Waals surface area contributed by atoms with Gasteiger partial charge in [0.2, 0.25) is 0 Å². The summed E-state index contributed by atoms with van der Waals surface area (Å²) in [6.07, 6.45) is 14.0. The van der Waals surface area contributed by atoms with Gasteiger partial charge in [0.25, 0.3) is 0 Å². The first-order chi connectivity index (χ1) is 32.4. The van der Waals surface area contributed by atoms with Crippen LogP contribution in [0.25, 0.3) is 0 Å². The molecule has 8 aliphatic carbocycles. The van der Waals surface area contributed by atoms with Gasteiger partial charge >= 0.3 is 10.4 Å². The number of ether oxygens (including phenoxy) is 3. The van der Waals surface area contributed by atoms with E-state index in [1.165, 1.54) is 35.1 Å². The summed E-state index contributed by atoms with van der Waals surface area (Å²) in [7, 11) is -4.81. The third kappa shape index (κ3) is 6.83. The monoisotopic (exact) mass is 993 g/mol. The third-order valence-electron chi connectivity index (χ3n) is 24.2. The number of hydrogen-bond acceptors (Lipinski definition) is 10. The highest BCUT2D eigenvalue weighted by atomic mass is 32.3. The Balaban J connectivity index is 0.828. The normalized spacial score (nSPS) is 50.5. The quantitative estimate of drug-likeness (QED) is 0.135. The third-order valence-corrected chi connectivity index (χ3v) is 24.7. The molecular formula is C58H88O11S. The molecule has 4 aliphatic heterocycles. The number of carbonyl (C=O) groups is 1. The van der Waals surface area contributed by atoms with Crippen molar-refractivity contribution in [3.8, 4) is 0 Å². The van der Waals surface area contributed by atoms with Gasteiger partial charge in [0.15, 0.2) is 11.6 Å². The van der Waals surface area contributed by atoms with Crippen molar-refractivity contribution in [1.82, 2.24) is 0 Å². The fraction of sp³-hybridized carbons (Fsp3) is 0.879. The maximum absolute atomic E-state index is 13.2.